The van der Waals surface area contributed by atoms with Gasteiger partial charge < -0.3 is 9.47 Å². The molecule has 0 radical (unpaired) electrons. The van der Waals surface area contributed by atoms with Crippen LogP contribution in [0.4, 0.5) is 0 Å². The van der Waals surface area contributed by atoms with Crippen LogP contribution >= 0.6 is 0 Å². The van der Waals surface area contributed by atoms with Crippen molar-refractivity contribution in [1.82, 2.24) is 4.98 Å². The van der Waals surface area contributed by atoms with Gasteiger partial charge in [0.05, 0.1) is 0 Å². The third kappa shape index (κ3) is 2.61. The molecule has 1 aliphatic rings. The van der Waals surface area contributed by atoms with Gasteiger partial charge in [0.25, 0.3) is 5.88 Å². The molecule has 2 rings (SSSR count). The van der Waals surface area contributed by atoms with Crippen molar-refractivity contribution in [3.63, 3.8) is 0 Å². The Morgan fingerprint density at radius 2 is 2.20 bits per heavy atom. The standard InChI is InChI=1S/C10H13NO2.C2H6/c1-3-8-4-5-11-10-9(8)13-7(2)6-12-10;1-2/h4-5,7H,3,6H2,1-2H3;1-2H3. The van der Waals surface area contributed by atoms with Crippen LogP contribution in [0.5, 0.6) is 11.6 Å². The number of aryl methyl sites for hydroxylation is 1. The molecule has 0 fully saturated rings. The maximum atomic E-state index is 5.67. The molecule has 84 valence electrons. The Hall–Kier alpha value is -1.25. The maximum absolute atomic E-state index is 5.67. The van der Waals surface area contributed by atoms with Crippen molar-refractivity contribution < 1.29 is 9.47 Å². The van der Waals surface area contributed by atoms with Gasteiger partial charge in [0.15, 0.2) is 5.75 Å². The van der Waals surface area contributed by atoms with Gasteiger partial charge in [-0.3, -0.25) is 0 Å². The van der Waals surface area contributed by atoms with Gasteiger partial charge in [-0.05, 0) is 19.4 Å². The van der Waals surface area contributed by atoms with E-state index in [-0.39, 0.29) is 6.10 Å². The first-order valence-electron chi connectivity index (χ1n) is 5.58. The number of pyridine rings is 1. The Morgan fingerprint density at radius 1 is 1.47 bits per heavy atom. The molecule has 1 unspecified atom stereocenters. The normalized spacial score (nSPS) is 17.7. The van der Waals surface area contributed by atoms with Crippen LogP contribution in [0.2, 0.25) is 0 Å². The van der Waals surface area contributed by atoms with E-state index in [1.807, 2.05) is 26.8 Å². The quantitative estimate of drug-likeness (QED) is 0.712. The van der Waals surface area contributed by atoms with Crippen LogP contribution in [-0.4, -0.2) is 17.7 Å². The minimum Gasteiger partial charge on any atom is -0.481 e. The lowest BCUT2D eigenvalue weighted by molar-refractivity contribution is 0.0975. The van der Waals surface area contributed by atoms with Gasteiger partial charge in [-0.25, -0.2) is 4.98 Å². The Kier molecular flexibility index (Phi) is 4.40. The van der Waals surface area contributed by atoms with E-state index in [9.17, 15) is 0 Å². The summed E-state index contributed by atoms with van der Waals surface area (Å²) in [5.74, 6) is 1.46. The summed E-state index contributed by atoms with van der Waals surface area (Å²) >= 11 is 0. The van der Waals surface area contributed by atoms with Gasteiger partial charge in [0, 0.05) is 11.8 Å². The van der Waals surface area contributed by atoms with E-state index in [0.717, 1.165) is 17.7 Å². The third-order valence-corrected chi connectivity index (χ3v) is 2.11. The van der Waals surface area contributed by atoms with E-state index in [1.54, 1.807) is 6.20 Å². The van der Waals surface area contributed by atoms with Gasteiger partial charge in [-0.1, -0.05) is 20.8 Å². The zero-order valence-corrected chi connectivity index (χ0v) is 9.91. The summed E-state index contributed by atoms with van der Waals surface area (Å²) in [6.07, 6.45) is 2.83. The lowest BCUT2D eigenvalue weighted by Crippen LogP contribution is -2.26. The molecule has 0 bridgehead atoms. The summed E-state index contributed by atoms with van der Waals surface area (Å²) in [4.78, 5) is 4.12. The molecule has 0 spiro atoms. The fourth-order valence-electron chi connectivity index (χ4n) is 1.41. The van der Waals surface area contributed by atoms with Crippen LogP contribution in [0, 0.1) is 0 Å². The Labute approximate surface area is 91.4 Å². The number of rotatable bonds is 1. The average molecular weight is 209 g/mol. The highest BCUT2D eigenvalue weighted by atomic mass is 16.6. The molecular weight excluding hydrogens is 190 g/mol. The largest absolute Gasteiger partial charge is 0.481 e. The minimum atomic E-state index is 0.127. The van der Waals surface area contributed by atoms with Crippen molar-refractivity contribution in [3.8, 4) is 11.6 Å². The molecule has 1 aliphatic heterocycles. The first-order chi connectivity index (χ1) is 7.31. The van der Waals surface area contributed by atoms with E-state index in [0.29, 0.717) is 12.5 Å². The number of fused-ring (bicyclic) bond motifs is 1. The Balaban J connectivity index is 0.000000531. The topological polar surface area (TPSA) is 31.4 Å². The summed E-state index contributed by atoms with van der Waals surface area (Å²) in [6.45, 7) is 8.68. The summed E-state index contributed by atoms with van der Waals surface area (Å²) in [7, 11) is 0. The monoisotopic (exact) mass is 209 g/mol. The molecule has 1 aromatic rings. The van der Waals surface area contributed by atoms with Gasteiger partial charge in [-0.2, -0.15) is 0 Å². The van der Waals surface area contributed by atoms with Crippen molar-refractivity contribution >= 4 is 0 Å². The fraction of sp³-hybridized carbons (Fsp3) is 0.583. The average Bonchev–Trinajstić information content (AvgIpc) is 2.31. The zero-order chi connectivity index (χ0) is 11.3. The highest BCUT2D eigenvalue weighted by Gasteiger charge is 2.20. The van der Waals surface area contributed by atoms with E-state index in [4.69, 9.17) is 9.47 Å². The molecule has 0 amide bonds. The molecular formula is C12H19NO2. The first kappa shape index (κ1) is 11.8. The molecule has 0 saturated heterocycles. The predicted molar refractivity (Wildman–Crippen MR) is 60.5 cm³/mol. The molecule has 2 heterocycles. The SMILES string of the molecule is CC.CCc1ccnc2c1OC(C)CO2. The van der Waals surface area contributed by atoms with E-state index in [2.05, 4.69) is 11.9 Å². The number of hydrogen-bond acceptors (Lipinski definition) is 3. The van der Waals surface area contributed by atoms with E-state index in [1.165, 1.54) is 0 Å². The van der Waals surface area contributed by atoms with E-state index >= 15 is 0 Å². The summed E-state index contributed by atoms with van der Waals surface area (Å²) in [5, 5.41) is 0. The van der Waals surface area contributed by atoms with Gasteiger partial charge in [0.2, 0.25) is 0 Å². The summed E-state index contributed by atoms with van der Waals surface area (Å²) in [5.41, 5.74) is 1.16. The predicted octanol–water partition coefficient (Wildman–Crippen LogP) is 2.83. The summed E-state index contributed by atoms with van der Waals surface area (Å²) in [6, 6.07) is 1.97. The van der Waals surface area contributed by atoms with Crippen LogP contribution in [0.1, 0.15) is 33.3 Å². The van der Waals surface area contributed by atoms with Crippen molar-refractivity contribution in [2.75, 3.05) is 6.61 Å². The molecule has 15 heavy (non-hydrogen) atoms. The Bertz CT molecular complexity index is 298. The zero-order valence-electron chi connectivity index (χ0n) is 9.91. The van der Waals surface area contributed by atoms with Crippen molar-refractivity contribution in [2.24, 2.45) is 0 Å². The van der Waals surface area contributed by atoms with Crippen LogP contribution < -0.4 is 9.47 Å². The van der Waals surface area contributed by atoms with Crippen LogP contribution in [0.25, 0.3) is 0 Å². The Morgan fingerprint density at radius 3 is 2.87 bits per heavy atom. The molecule has 3 heteroatoms. The van der Waals surface area contributed by atoms with Crippen molar-refractivity contribution in [1.29, 1.82) is 0 Å². The van der Waals surface area contributed by atoms with Crippen LogP contribution in [-0.2, 0) is 6.42 Å². The fourth-order valence-corrected chi connectivity index (χ4v) is 1.41. The second kappa shape index (κ2) is 5.59. The molecule has 1 atom stereocenters. The van der Waals surface area contributed by atoms with Crippen molar-refractivity contribution in [3.05, 3.63) is 17.8 Å². The molecule has 0 saturated carbocycles. The molecule has 1 aromatic heterocycles. The van der Waals surface area contributed by atoms with Gasteiger partial charge in [0.1, 0.15) is 12.7 Å². The van der Waals surface area contributed by atoms with Crippen LogP contribution in [0.15, 0.2) is 12.3 Å². The smallest absolute Gasteiger partial charge is 0.257 e. The molecule has 0 aliphatic carbocycles. The second-order valence-corrected chi connectivity index (χ2v) is 3.20. The second-order valence-electron chi connectivity index (χ2n) is 3.20. The number of nitrogens with zero attached hydrogens (tertiary/aromatic N) is 1. The summed E-state index contributed by atoms with van der Waals surface area (Å²) < 4.78 is 11.1. The third-order valence-electron chi connectivity index (χ3n) is 2.11. The highest BCUT2D eigenvalue weighted by Crippen LogP contribution is 2.32. The van der Waals surface area contributed by atoms with Gasteiger partial charge in [-0.15, -0.1) is 0 Å². The molecule has 0 aromatic carbocycles. The van der Waals surface area contributed by atoms with Crippen LogP contribution in [0.3, 0.4) is 0 Å². The number of aromatic nitrogens is 1. The maximum Gasteiger partial charge on any atom is 0.257 e. The number of ether oxygens (including phenoxy) is 2. The lowest BCUT2D eigenvalue weighted by atomic mass is 10.2. The van der Waals surface area contributed by atoms with Gasteiger partial charge >= 0.3 is 0 Å². The molecule has 0 N–H and O–H groups in total. The van der Waals surface area contributed by atoms with E-state index < -0.39 is 0 Å². The van der Waals surface area contributed by atoms with Crippen molar-refractivity contribution in [2.45, 2.75) is 40.2 Å². The first-order valence-corrected chi connectivity index (χ1v) is 5.58. The molecule has 3 nitrogen and oxygen atoms in total. The highest BCUT2D eigenvalue weighted by molar-refractivity contribution is 5.42. The minimum absolute atomic E-state index is 0.127. The number of hydrogen-bond donors (Lipinski definition) is 0. The lowest BCUT2D eigenvalue weighted by Gasteiger charge is -2.24.